The second-order valence-electron chi connectivity index (χ2n) is 6.42. The molecule has 0 radical (unpaired) electrons. The number of carbonyl (C=O) groups excluding carboxylic acids is 1. The van der Waals surface area contributed by atoms with Gasteiger partial charge in [0.05, 0.1) is 11.3 Å². The van der Waals surface area contributed by atoms with Crippen LogP contribution in [0.3, 0.4) is 0 Å². The van der Waals surface area contributed by atoms with Gasteiger partial charge in [-0.25, -0.2) is 0 Å². The van der Waals surface area contributed by atoms with Crippen LogP contribution in [-0.4, -0.2) is 16.5 Å². The molecule has 0 aliphatic carbocycles. The molecule has 0 spiro atoms. The van der Waals surface area contributed by atoms with Crippen LogP contribution in [0, 0.1) is 0 Å². The van der Waals surface area contributed by atoms with E-state index in [9.17, 15) is 4.79 Å². The molecule has 27 heavy (non-hydrogen) atoms. The zero-order valence-corrected chi connectivity index (χ0v) is 16.1. The van der Waals surface area contributed by atoms with E-state index < -0.39 is 0 Å². The zero-order valence-electron chi connectivity index (χ0n) is 14.5. The Balaban J connectivity index is 1.78. The summed E-state index contributed by atoms with van der Waals surface area (Å²) in [5, 5.41) is 0.370. The number of Topliss-reactive ketones (excluding diaryl/α,β-unsaturated/α-hetero) is 1. The Morgan fingerprint density at radius 2 is 1.48 bits per heavy atom. The van der Waals surface area contributed by atoms with Crippen LogP contribution in [0.4, 0.5) is 5.69 Å². The molecule has 2 N–H and O–H groups in total. The predicted octanol–water partition coefficient (Wildman–Crippen LogP) is 5.13. The van der Waals surface area contributed by atoms with Crippen molar-refractivity contribution in [3.05, 3.63) is 101 Å². The highest BCUT2D eigenvalue weighted by Gasteiger charge is 2.45. The number of hydrogen-bond acceptors (Lipinski definition) is 4. The van der Waals surface area contributed by atoms with Gasteiger partial charge < -0.3 is 10.6 Å². The lowest BCUT2D eigenvalue weighted by molar-refractivity contribution is 0.0983. The monoisotopic (exact) mass is 394 g/mol. The fraction of sp³-hybridized carbons (Fsp3) is 0.136. The fourth-order valence-electron chi connectivity index (χ4n) is 3.47. The van der Waals surface area contributed by atoms with Crippen molar-refractivity contribution < 1.29 is 4.79 Å². The summed E-state index contributed by atoms with van der Waals surface area (Å²) in [5.74, 6) is 0.0921. The molecule has 3 aromatic rings. The minimum absolute atomic E-state index is 0.0921. The maximum Gasteiger partial charge on any atom is 0.178 e. The van der Waals surface area contributed by atoms with Gasteiger partial charge >= 0.3 is 0 Å². The number of para-hydroxylation sites is 1. The van der Waals surface area contributed by atoms with Gasteiger partial charge in [0.2, 0.25) is 0 Å². The van der Waals surface area contributed by atoms with Crippen molar-refractivity contribution in [1.82, 2.24) is 0 Å². The Morgan fingerprint density at radius 1 is 0.889 bits per heavy atom. The summed E-state index contributed by atoms with van der Waals surface area (Å²) in [4.78, 5) is 15.4. The number of hydrogen-bond donors (Lipinski definition) is 1. The average molecular weight is 395 g/mol. The van der Waals surface area contributed by atoms with E-state index in [4.69, 9.17) is 17.3 Å². The standard InChI is InChI=1S/C22H19ClN2OS/c23-17-13-11-15(12-14-17)19-21(20(26)16-7-3-1-4-8-16)27-22(24)25(19)18-9-5-2-6-10-18/h1-14,19,21-22H,24H2/t19-,21+,22?/m0/s1. The highest BCUT2D eigenvalue weighted by Crippen LogP contribution is 2.46. The van der Waals surface area contributed by atoms with E-state index in [1.165, 1.54) is 11.8 Å². The van der Waals surface area contributed by atoms with E-state index in [2.05, 4.69) is 4.90 Å². The summed E-state index contributed by atoms with van der Waals surface area (Å²) in [6.45, 7) is 0. The van der Waals surface area contributed by atoms with Gasteiger partial charge in [0, 0.05) is 16.3 Å². The smallest absolute Gasteiger partial charge is 0.178 e. The molecule has 0 saturated carbocycles. The van der Waals surface area contributed by atoms with Crippen LogP contribution in [0.5, 0.6) is 0 Å². The number of carbonyl (C=O) groups is 1. The molecular formula is C22H19ClN2OS. The average Bonchev–Trinajstić information content (AvgIpc) is 3.06. The minimum atomic E-state index is -0.314. The number of ketones is 1. The summed E-state index contributed by atoms with van der Waals surface area (Å²) in [6, 6.07) is 26.9. The van der Waals surface area contributed by atoms with E-state index in [1.54, 1.807) is 0 Å². The third-order valence-electron chi connectivity index (χ3n) is 4.73. The molecule has 1 fully saturated rings. The molecule has 1 aliphatic heterocycles. The number of anilines is 1. The third kappa shape index (κ3) is 3.61. The van der Waals surface area contributed by atoms with Gasteiger partial charge in [-0.1, -0.05) is 72.3 Å². The van der Waals surface area contributed by atoms with Crippen molar-refractivity contribution in [2.75, 3.05) is 4.90 Å². The largest absolute Gasteiger partial charge is 0.339 e. The van der Waals surface area contributed by atoms with Crippen LogP contribution in [-0.2, 0) is 0 Å². The second-order valence-corrected chi connectivity index (χ2v) is 8.12. The lowest BCUT2D eigenvalue weighted by atomic mass is 9.95. The first-order valence-electron chi connectivity index (χ1n) is 8.74. The fourth-order valence-corrected chi connectivity index (χ4v) is 4.98. The Labute approximate surface area is 168 Å². The Morgan fingerprint density at radius 3 is 2.11 bits per heavy atom. The summed E-state index contributed by atoms with van der Waals surface area (Å²) >= 11 is 7.58. The van der Waals surface area contributed by atoms with Crippen LogP contribution in [0.25, 0.3) is 0 Å². The van der Waals surface area contributed by atoms with Gasteiger partial charge in [0.15, 0.2) is 5.78 Å². The quantitative estimate of drug-likeness (QED) is 0.623. The first kappa shape index (κ1) is 18.1. The number of halogens is 1. The van der Waals surface area contributed by atoms with Crippen molar-refractivity contribution in [1.29, 1.82) is 0 Å². The number of rotatable bonds is 4. The number of benzene rings is 3. The van der Waals surface area contributed by atoms with E-state index in [1.807, 2.05) is 84.9 Å². The van der Waals surface area contributed by atoms with Gasteiger partial charge in [0.1, 0.15) is 5.50 Å². The Kier molecular flexibility index (Phi) is 5.21. The van der Waals surface area contributed by atoms with Crippen LogP contribution in [0.1, 0.15) is 22.0 Å². The van der Waals surface area contributed by atoms with Crippen LogP contribution >= 0.6 is 23.4 Å². The number of thioether (sulfide) groups is 1. The molecule has 1 heterocycles. The summed E-state index contributed by atoms with van der Waals surface area (Å²) in [7, 11) is 0. The van der Waals surface area contributed by atoms with E-state index in [-0.39, 0.29) is 22.6 Å². The van der Waals surface area contributed by atoms with Crippen molar-refractivity contribution in [3.63, 3.8) is 0 Å². The molecule has 136 valence electrons. The molecule has 4 rings (SSSR count). The molecule has 0 aromatic heterocycles. The lowest BCUT2D eigenvalue weighted by Crippen LogP contribution is -2.38. The first-order valence-corrected chi connectivity index (χ1v) is 10.1. The maximum atomic E-state index is 13.3. The molecule has 1 saturated heterocycles. The molecule has 1 aliphatic rings. The lowest BCUT2D eigenvalue weighted by Gasteiger charge is -2.31. The van der Waals surface area contributed by atoms with Crippen molar-refractivity contribution in [2.45, 2.75) is 16.8 Å². The van der Waals surface area contributed by atoms with Gasteiger partial charge in [-0.15, -0.1) is 11.8 Å². The van der Waals surface area contributed by atoms with Gasteiger partial charge in [-0.2, -0.15) is 0 Å². The van der Waals surface area contributed by atoms with E-state index in [0.29, 0.717) is 10.6 Å². The normalized spacial score (nSPS) is 22.0. The number of nitrogens with zero attached hydrogens (tertiary/aromatic N) is 1. The summed E-state index contributed by atoms with van der Waals surface area (Å²) < 4.78 is 0. The van der Waals surface area contributed by atoms with Crippen LogP contribution < -0.4 is 10.6 Å². The second kappa shape index (κ2) is 7.77. The molecule has 3 nitrogen and oxygen atoms in total. The SMILES string of the molecule is NC1S[C@@H](C(=O)c2ccccc2)[C@H](c2ccc(Cl)cc2)N1c1ccccc1. The van der Waals surface area contributed by atoms with Crippen molar-refractivity contribution in [2.24, 2.45) is 5.73 Å². The molecule has 3 atom stereocenters. The first-order chi connectivity index (χ1) is 13.1. The molecule has 0 amide bonds. The molecular weight excluding hydrogens is 376 g/mol. The molecule has 0 bridgehead atoms. The van der Waals surface area contributed by atoms with Gasteiger partial charge in [0.25, 0.3) is 0 Å². The molecule has 1 unspecified atom stereocenters. The van der Waals surface area contributed by atoms with Crippen molar-refractivity contribution >= 4 is 34.8 Å². The van der Waals surface area contributed by atoms with Crippen LogP contribution in [0.2, 0.25) is 5.02 Å². The van der Waals surface area contributed by atoms with Crippen molar-refractivity contribution in [3.8, 4) is 0 Å². The van der Waals surface area contributed by atoms with Gasteiger partial charge in [-0.3, -0.25) is 4.79 Å². The van der Waals surface area contributed by atoms with Gasteiger partial charge in [-0.05, 0) is 29.8 Å². The maximum absolute atomic E-state index is 13.3. The third-order valence-corrected chi connectivity index (χ3v) is 6.25. The molecule has 5 heteroatoms. The highest BCUT2D eigenvalue weighted by molar-refractivity contribution is 8.01. The van der Waals surface area contributed by atoms with E-state index >= 15 is 0 Å². The summed E-state index contributed by atoms with van der Waals surface area (Å²) in [5.41, 5.74) is 8.90. The Hall–Kier alpha value is -2.27. The van der Waals surface area contributed by atoms with Crippen LogP contribution in [0.15, 0.2) is 84.9 Å². The predicted molar refractivity (Wildman–Crippen MR) is 113 cm³/mol. The Bertz CT molecular complexity index is 918. The zero-order chi connectivity index (χ0) is 18.8. The minimum Gasteiger partial charge on any atom is -0.339 e. The summed E-state index contributed by atoms with van der Waals surface area (Å²) in [6.07, 6.45) is 0. The number of nitrogens with two attached hydrogens (primary N) is 1. The topological polar surface area (TPSA) is 46.3 Å². The highest BCUT2D eigenvalue weighted by atomic mass is 35.5. The molecule has 3 aromatic carbocycles. The van der Waals surface area contributed by atoms with E-state index in [0.717, 1.165) is 11.3 Å².